The van der Waals surface area contributed by atoms with Gasteiger partial charge in [0.1, 0.15) is 0 Å². The number of amides is 1. The summed E-state index contributed by atoms with van der Waals surface area (Å²) in [6.45, 7) is 0. The molecule has 0 aliphatic heterocycles. The van der Waals surface area contributed by atoms with Crippen molar-refractivity contribution in [3.8, 4) is 0 Å². The summed E-state index contributed by atoms with van der Waals surface area (Å²) in [6, 6.07) is 9.18. The van der Waals surface area contributed by atoms with Crippen LogP contribution in [0, 0.1) is 0 Å². The molecule has 0 heterocycles. The average molecular weight is 358 g/mol. The molecule has 2 aromatic carbocycles. The highest BCUT2D eigenvalue weighted by Crippen LogP contribution is 2.34. The van der Waals surface area contributed by atoms with Gasteiger partial charge in [0.25, 0.3) is 15.9 Å². The number of benzene rings is 2. The summed E-state index contributed by atoms with van der Waals surface area (Å²) in [4.78, 5) is 10.5. The molecular weight excluding hydrogens is 345 g/mol. The third kappa shape index (κ3) is 3.85. The molecule has 0 bridgehead atoms. The summed E-state index contributed by atoms with van der Waals surface area (Å²) >= 11 is 0. The Kier molecular flexibility index (Phi) is 4.83. The van der Waals surface area contributed by atoms with Crippen molar-refractivity contribution >= 4 is 21.6 Å². The minimum Gasteiger partial charge on any atom is -0.355 e. The smallest absolute Gasteiger partial charge is 0.355 e. The van der Waals surface area contributed by atoms with Crippen LogP contribution in [0.1, 0.15) is 15.9 Å². The standard InChI is InChI=1S/C15H13F3N2O3S/c1-19-14(21)10-6-8-11(9-7-10)20-24(22,23)13-5-3-2-4-12(13)15(16,17)18/h2-9,20H,1H3,(H,19,21). The fourth-order valence-electron chi connectivity index (χ4n) is 1.98. The average Bonchev–Trinajstić information content (AvgIpc) is 2.53. The number of nitrogens with one attached hydrogen (secondary N) is 2. The van der Waals surface area contributed by atoms with Crippen LogP contribution in [0.15, 0.2) is 53.4 Å². The van der Waals surface area contributed by atoms with Crippen molar-refractivity contribution in [3.05, 3.63) is 59.7 Å². The summed E-state index contributed by atoms with van der Waals surface area (Å²) in [5.74, 6) is -0.369. The fraction of sp³-hybridized carbons (Fsp3) is 0.133. The minimum atomic E-state index is -4.80. The molecule has 0 fully saturated rings. The summed E-state index contributed by atoms with van der Waals surface area (Å²) in [7, 11) is -3.00. The molecule has 24 heavy (non-hydrogen) atoms. The maximum atomic E-state index is 13.0. The van der Waals surface area contributed by atoms with Gasteiger partial charge in [-0.1, -0.05) is 12.1 Å². The number of carbonyl (C=O) groups excluding carboxylic acids is 1. The van der Waals surface area contributed by atoms with Crippen LogP contribution in [0.2, 0.25) is 0 Å². The zero-order valence-electron chi connectivity index (χ0n) is 12.4. The van der Waals surface area contributed by atoms with Crippen molar-refractivity contribution in [2.75, 3.05) is 11.8 Å². The van der Waals surface area contributed by atoms with E-state index in [9.17, 15) is 26.4 Å². The SMILES string of the molecule is CNC(=O)c1ccc(NS(=O)(=O)c2ccccc2C(F)(F)F)cc1. The number of sulfonamides is 1. The van der Waals surface area contributed by atoms with E-state index >= 15 is 0 Å². The van der Waals surface area contributed by atoms with E-state index in [1.165, 1.54) is 37.4 Å². The van der Waals surface area contributed by atoms with Gasteiger partial charge in [-0.3, -0.25) is 9.52 Å². The highest BCUT2D eigenvalue weighted by atomic mass is 32.2. The van der Waals surface area contributed by atoms with Crippen LogP contribution in [-0.2, 0) is 16.2 Å². The fourth-order valence-corrected chi connectivity index (χ4v) is 3.27. The second-order valence-corrected chi connectivity index (χ2v) is 6.41. The highest BCUT2D eigenvalue weighted by molar-refractivity contribution is 7.92. The van der Waals surface area contributed by atoms with Crippen molar-refractivity contribution < 1.29 is 26.4 Å². The van der Waals surface area contributed by atoms with Gasteiger partial charge in [-0.05, 0) is 36.4 Å². The largest absolute Gasteiger partial charge is 0.417 e. The molecule has 0 aliphatic rings. The summed E-state index contributed by atoms with van der Waals surface area (Å²) in [5, 5.41) is 2.40. The van der Waals surface area contributed by atoms with Crippen molar-refractivity contribution in [1.82, 2.24) is 5.32 Å². The second-order valence-electron chi connectivity index (χ2n) is 4.76. The molecule has 2 N–H and O–H groups in total. The van der Waals surface area contributed by atoms with Crippen LogP contribution >= 0.6 is 0 Å². The lowest BCUT2D eigenvalue weighted by Gasteiger charge is -2.14. The van der Waals surface area contributed by atoms with E-state index in [4.69, 9.17) is 0 Å². The minimum absolute atomic E-state index is 0.0413. The van der Waals surface area contributed by atoms with Gasteiger partial charge in [0.15, 0.2) is 0 Å². The Balaban J connectivity index is 2.35. The Morgan fingerprint density at radius 1 is 1.00 bits per heavy atom. The van der Waals surface area contributed by atoms with Gasteiger partial charge >= 0.3 is 6.18 Å². The highest BCUT2D eigenvalue weighted by Gasteiger charge is 2.36. The third-order valence-corrected chi connectivity index (χ3v) is 4.55. The van der Waals surface area contributed by atoms with Crippen molar-refractivity contribution in [1.29, 1.82) is 0 Å². The van der Waals surface area contributed by atoms with E-state index < -0.39 is 26.7 Å². The topological polar surface area (TPSA) is 75.3 Å². The lowest BCUT2D eigenvalue weighted by molar-refractivity contribution is -0.139. The molecule has 0 radical (unpaired) electrons. The molecule has 128 valence electrons. The predicted molar refractivity (Wildman–Crippen MR) is 82.1 cm³/mol. The molecule has 0 saturated carbocycles. The molecule has 0 saturated heterocycles. The van der Waals surface area contributed by atoms with Crippen LogP contribution in [0.4, 0.5) is 18.9 Å². The van der Waals surface area contributed by atoms with Gasteiger partial charge in [0.2, 0.25) is 0 Å². The second kappa shape index (κ2) is 6.52. The predicted octanol–water partition coefficient (Wildman–Crippen LogP) is 2.87. The van der Waals surface area contributed by atoms with Crippen LogP contribution in [0.25, 0.3) is 0 Å². The number of alkyl halides is 3. The Morgan fingerprint density at radius 2 is 1.58 bits per heavy atom. The molecule has 2 rings (SSSR count). The number of halogens is 3. The molecule has 0 unspecified atom stereocenters. The Morgan fingerprint density at radius 3 is 2.12 bits per heavy atom. The van der Waals surface area contributed by atoms with Crippen LogP contribution in [-0.4, -0.2) is 21.4 Å². The van der Waals surface area contributed by atoms with Gasteiger partial charge in [-0.25, -0.2) is 8.42 Å². The number of rotatable bonds is 4. The summed E-state index contributed by atoms with van der Waals surface area (Å²) in [5.41, 5.74) is -0.921. The van der Waals surface area contributed by atoms with Gasteiger partial charge in [0.05, 0.1) is 10.5 Å². The Bertz CT molecular complexity index is 847. The van der Waals surface area contributed by atoms with E-state index in [0.717, 1.165) is 12.1 Å². The molecule has 5 nitrogen and oxygen atoms in total. The third-order valence-electron chi connectivity index (χ3n) is 3.11. The van der Waals surface area contributed by atoms with Crippen molar-refractivity contribution in [3.63, 3.8) is 0 Å². The molecule has 1 amide bonds. The number of hydrogen-bond donors (Lipinski definition) is 2. The zero-order chi connectivity index (χ0) is 18.0. The molecule has 2 aromatic rings. The van der Waals surface area contributed by atoms with Crippen molar-refractivity contribution in [2.24, 2.45) is 0 Å². The van der Waals surface area contributed by atoms with Gasteiger partial charge < -0.3 is 5.32 Å². The monoisotopic (exact) mass is 358 g/mol. The lowest BCUT2D eigenvalue weighted by atomic mass is 10.2. The first-order valence-electron chi connectivity index (χ1n) is 6.66. The van der Waals surface area contributed by atoms with Gasteiger partial charge in [-0.2, -0.15) is 13.2 Å². The van der Waals surface area contributed by atoms with E-state index in [0.29, 0.717) is 6.07 Å². The maximum absolute atomic E-state index is 13.0. The lowest BCUT2D eigenvalue weighted by Crippen LogP contribution is -2.19. The molecular formula is C15H13F3N2O3S. The Labute approximate surface area is 136 Å². The first-order chi connectivity index (χ1) is 11.1. The van der Waals surface area contributed by atoms with Crippen molar-refractivity contribution in [2.45, 2.75) is 11.1 Å². The first-order valence-corrected chi connectivity index (χ1v) is 8.14. The molecule has 0 spiro atoms. The van der Waals surface area contributed by atoms with Crippen LogP contribution in [0.5, 0.6) is 0 Å². The maximum Gasteiger partial charge on any atom is 0.417 e. The quantitative estimate of drug-likeness (QED) is 0.883. The van der Waals surface area contributed by atoms with E-state index in [1.54, 1.807) is 0 Å². The van der Waals surface area contributed by atoms with Crippen LogP contribution < -0.4 is 10.0 Å². The molecule has 0 aromatic heterocycles. The number of anilines is 1. The normalized spacial score (nSPS) is 11.8. The molecule has 0 atom stereocenters. The summed E-state index contributed by atoms with van der Waals surface area (Å²) < 4.78 is 65.5. The van der Waals surface area contributed by atoms with Crippen LogP contribution in [0.3, 0.4) is 0 Å². The molecule has 9 heteroatoms. The van der Waals surface area contributed by atoms with Gasteiger partial charge in [-0.15, -0.1) is 0 Å². The van der Waals surface area contributed by atoms with E-state index in [-0.39, 0.29) is 17.2 Å². The summed E-state index contributed by atoms with van der Waals surface area (Å²) in [6.07, 6.45) is -4.80. The van der Waals surface area contributed by atoms with Gasteiger partial charge in [0, 0.05) is 18.3 Å². The Hall–Kier alpha value is -2.55. The zero-order valence-corrected chi connectivity index (χ0v) is 13.2. The number of hydrogen-bond acceptors (Lipinski definition) is 3. The molecule has 0 aliphatic carbocycles. The van der Waals surface area contributed by atoms with E-state index in [1.807, 2.05) is 0 Å². The first kappa shape index (κ1) is 17.8. The number of carbonyl (C=O) groups is 1. The van der Waals surface area contributed by atoms with E-state index in [2.05, 4.69) is 10.0 Å².